The summed E-state index contributed by atoms with van der Waals surface area (Å²) in [6, 6.07) is 0. The number of phosphoric acid groups is 1. The van der Waals surface area contributed by atoms with Gasteiger partial charge in [0.25, 0.3) is 7.82 Å². The minimum atomic E-state index is -4.66. The van der Waals surface area contributed by atoms with Crippen LogP contribution in [0.25, 0.3) is 0 Å². The minimum Gasteiger partial charge on any atom is -0.756 e. The summed E-state index contributed by atoms with van der Waals surface area (Å²) in [6.45, 7) is 4.08. The van der Waals surface area contributed by atoms with Crippen LogP contribution in [0.2, 0.25) is 0 Å². The normalized spacial score (nSPS) is 13.9. The number of hydrogen-bond donors (Lipinski definition) is 0. The van der Waals surface area contributed by atoms with Crippen LogP contribution >= 0.6 is 7.82 Å². The van der Waals surface area contributed by atoms with Gasteiger partial charge in [-0.1, -0.05) is 283 Å². The molecule has 0 aliphatic carbocycles. The van der Waals surface area contributed by atoms with Crippen molar-refractivity contribution in [3.05, 3.63) is 122 Å². The molecule has 0 rings (SSSR count). The van der Waals surface area contributed by atoms with E-state index < -0.39 is 32.5 Å². The Morgan fingerprint density at radius 1 is 0.381 bits per heavy atom. The van der Waals surface area contributed by atoms with Gasteiger partial charge in [-0.15, -0.1) is 0 Å². The van der Waals surface area contributed by atoms with E-state index in [0.717, 1.165) is 89.9 Å². The summed E-state index contributed by atoms with van der Waals surface area (Å²) in [5.74, 6) is -0.884. The summed E-state index contributed by atoms with van der Waals surface area (Å²) in [7, 11) is 1.13. The summed E-state index contributed by atoms with van der Waals surface area (Å²) in [5, 5.41) is 0. The molecule has 0 saturated carbocycles. The predicted molar refractivity (Wildman–Crippen MR) is 360 cm³/mol. The molecule has 0 bridgehead atoms. The number of rotatable bonds is 62. The molecule has 2 unspecified atom stereocenters. The predicted octanol–water partition coefficient (Wildman–Crippen LogP) is 21.6. The van der Waals surface area contributed by atoms with E-state index >= 15 is 0 Å². The van der Waals surface area contributed by atoms with Crippen LogP contribution in [0.3, 0.4) is 0 Å². The Balaban J connectivity index is 4.12. The Morgan fingerprint density at radius 3 is 1.04 bits per heavy atom. The number of carbonyl (C=O) groups excluding carboxylic acids is 2. The quantitative estimate of drug-likeness (QED) is 0.0195. The minimum absolute atomic E-state index is 0.0448. The highest BCUT2D eigenvalue weighted by molar-refractivity contribution is 7.45. The van der Waals surface area contributed by atoms with E-state index in [1.807, 2.05) is 21.1 Å². The van der Waals surface area contributed by atoms with E-state index in [4.69, 9.17) is 18.5 Å². The fourth-order valence-corrected chi connectivity index (χ4v) is 9.96. The van der Waals surface area contributed by atoms with E-state index in [1.54, 1.807) is 0 Å². The number of hydrogen-bond acceptors (Lipinski definition) is 8. The molecule has 0 N–H and O–H groups in total. The number of allylic oxidation sites excluding steroid dienone is 20. The first-order chi connectivity index (χ1) is 41.0. The van der Waals surface area contributed by atoms with E-state index in [1.165, 1.54) is 161 Å². The molecule has 0 fully saturated rings. The summed E-state index contributed by atoms with van der Waals surface area (Å²) in [6.07, 6.45) is 91.4. The molecule has 0 aliphatic heterocycles. The van der Waals surface area contributed by atoms with Crippen LogP contribution in [0.15, 0.2) is 122 Å². The maximum atomic E-state index is 12.8. The zero-order chi connectivity index (χ0) is 61.2. The molecule has 0 spiro atoms. The number of nitrogens with zero attached hydrogens (tertiary/aromatic N) is 1. The number of likely N-dealkylation sites (N-methyl/N-ethyl adjacent to an activating group) is 1. The van der Waals surface area contributed by atoms with Crippen molar-refractivity contribution < 1.29 is 42.1 Å². The van der Waals surface area contributed by atoms with Gasteiger partial charge in [-0.3, -0.25) is 14.2 Å². The standard InChI is InChI=1S/C74H128NO8P/c1-6-8-10-12-14-16-18-20-22-24-26-28-30-32-34-35-36-37-38-39-41-42-44-46-48-50-52-54-56-58-60-62-64-66-73(76)80-70-72(71-82-84(78,79)81-69-68-75(3,4)5)83-74(77)67-65-63-61-59-57-55-53-51-49-47-45-43-40-33-31-29-27-25-23-21-19-17-15-13-11-9-7-2/h9,11,15,17-18,20-21,23-24,26-27,29,33,40,45,47,51,53,57,59,72H,6-8,10,12-14,16,19,22,25,28,30-32,34-39,41-44,46,48-50,52,54-56,58,60-71H2,1-5H3/b11-9-,17-15-,20-18-,23-21-,26-24-,29-27-,40-33-,47-45-,53-51-,59-57-. The first kappa shape index (κ1) is 80.4. The Labute approximate surface area is 518 Å². The van der Waals surface area contributed by atoms with Crippen LogP contribution in [0.1, 0.15) is 284 Å². The average Bonchev–Trinajstić information content (AvgIpc) is 3.61. The second-order valence-electron chi connectivity index (χ2n) is 23.8. The fourth-order valence-electron chi connectivity index (χ4n) is 9.23. The van der Waals surface area contributed by atoms with Gasteiger partial charge < -0.3 is 27.9 Å². The van der Waals surface area contributed by atoms with Crippen molar-refractivity contribution in [2.75, 3.05) is 47.5 Å². The smallest absolute Gasteiger partial charge is 0.306 e. The van der Waals surface area contributed by atoms with Crippen LogP contribution in [-0.4, -0.2) is 70.0 Å². The number of unbranched alkanes of at least 4 members (excludes halogenated alkanes) is 28. The van der Waals surface area contributed by atoms with Gasteiger partial charge in [-0.2, -0.15) is 0 Å². The monoisotopic (exact) mass is 1190 g/mol. The second-order valence-corrected chi connectivity index (χ2v) is 25.2. The molecular formula is C74H128NO8P. The van der Waals surface area contributed by atoms with Crippen LogP contribution < -0.4 is 4.89 Å². The lowest BCUT2D eigenvalue weighted by molar-refractivity contribution is -0.870. The Morgan fingerprint density at radius 2 is 0.679 bits per heavy atom. The lowest BCUT2D eigenvalue weighted by atomic mass is 10.0. The number of quaternary nitrogens is 1. The average molecular weight is 1190 g/mol. The third-order valence-corrected chi connectivity index (χ3v) is 15.4. The summed E-state index contributed by atoms with van der Waals surface area (Å²) in [4.78, 5) is 38.0. The number of phosphoric ester groups is 1. The van der Waals surface area contributed by atoms with E-state index in [2.05, 4.69) is 135 Å². The maximum absolute atomic E-state index is 12.8. The molecule has 0 amide bonds. The zero-order valence-electron chi connectivity index (χ0n) is 54.8. The maximum Gasteiger partial charge on any atom is 0.306 e. The van der Waals surface area contributed by atoms with Crippen LogP contribution in [0, 0.1) is 0 Å². The lowest BCUT2D eigenvalue weighted by Crippen LogP contribution is -2.37. The van der Waals surface area contributed by atoms with Gasteiger partial charge in [0.2, 0.25) is 0 Å². The largest absolute Gasteiger partial charge is 0.756 e. The molecule has 0 aliphatic rings. The Hall–Kier alpha value is -3.59. The van der Waals surface area contributed by atoms with Crippen LogP contribution in [0.5, 0.6) is 0 Å². The van der Waals surface area contributed by atoms with E-state index in [-0.39, 0.29) is 26.1 Å². The van der Waals surface area contributed by atoms with Gasteiger partial charge in [-0.25, -0.2) is 0 Å². The molecule has 10 heteroatoms. The first-order valence-electron chi connectivity index (χ1n) is 34.2. The molecule has 482 valence electrons. The van der Waals surface area contributed by atoms with Crippen molar-refractivity contribution in [2.45, 2.75) is 290 Å². The van der Waals surface area contributed by atoms with Gasteiger partial charge in [0, 0.05) is 12.8 Å². The molecule has 84 heavy (non-hydrogen) atoms. The van der Waals surface area contributed by atoms with Gasteiger partial charge in [0.05, 0.1) is 27.7 Å². The molecule has 0 saturated heterocycles. The second kappa shape index (κ2) is 63.9. The van der Waals surface area contributed by atoms with Crippen molar-refractivity contribution in [2.24, 2.45) is 0 Å². The molecule has 0 aromatic heterocycles. The van der Waals surface area contributed by atoms with Gasteiger partial charge in [0.15, 0.2) is 6.10 Å². The first-order valence-corrected chi connectivity index (χ1v) is 35.7. The van der Waals surface area contributed by atoms with E-state index in [0.29, 0.717) is 17.4 Å². The third kappa shape index (κ3) is 67.5. The highest BCUT2D eigenvalue weighted by Crippen LogP contribution is 2.38. The lowest BCUT2D eigenvalue weighted by Gasteiger charge is -2.28. The molecule has 0 aromatic carbocycles. The third-order valence-electron chi connectivity index (χ3n) is 14.5. The van der Waals surface area contributed by atoms with Crippen LogP contribution in [-0.2, 0) is 32.7 Å². The number of esters is 2. The number of ether oxygens (including phenoxy) is 2. The van der Waals surface area contributed by atoms with Crippen molar-refractivity contribution in [3.8, 4) is 0 Å². The van der Waals surface area contributed by atoms with Gasteiger partial charge >= 0.3 is 11.9 Å². The van der Waals surface area contributed by atoms with E-state index in [9.17, 15) is 19.0 Å². The van der Waals surface area contributed by atoms with Crippen molar-refractivity contribution in [1.82, 2.24) is 0 Å². The fraction of sp³-hybridized carbons (Fsp3) is 0.703. The molecule has 0 radical (unpaired) electrons. The topological polar surface area (TPSA) is 111 Å². The highest BCUT2D eigenvalue weighted by Gasteiger charge is 2.22. The number of carbonyl (C=O) groups is 2. The molecule has 0 heterocycles. The SMILES string of the molecule is CC/C=C\C/C=C\C/C=C\C/C=C\C/C=C\C/C=C\C/C=C\C/C=C\CCCCC(=O)OC(COC(=O)CCCCCCCCCCCCCCCCCCCCCCC/C=C\C/C=C\CCCCCCC)COP(=O)([O-])OCC[N+](C)(C)C. The summed E-state index contributed by atoms with van der Waals surface area (Å²) in [5.41, 5.74) is 0. The van der Waals surface area contributed by atoms with Crippen molar-refractivity contribution >= 4 is 19.8 Å². The highest BCUT2D eigenvalue weighted by atomic mass is 31.2. The van der Waals surface area contributed by atoms with Crippen molar-refractivity contribution in [3.63, 3.8) is 0 Å². The van der Waals surface area contributed by atoms with Gasteiger partial charge in [0.1, 0.15) is 19.8 Å². The summed E-state index contributed by atoms with van der Waals surface area (Å²) >= 11 is 0. The van der Waals surface area contributed by atoms with Crippen molar-refractivity contribution in [1.29, 1.82) is 0 Å². The van der Waals surface area contributed by atoms with Gasteiger partial charge in [-0.05, 0) is 109 Å². The van der Waals surface area contributed by atoms with Crippen LogP contribution in [0.4, 0.5) is 0 Å². The Kier molecular flexibility index (Phi) is 61.2. The summed E-state index contributed by atoms with van der Waals surface area (Å²) < 4.78 is 34.2. The molecule has 2 atom stereocenters. The molecule has 0 aromatic rings. The molecule has 9 nitrogen and oxygen atoms in total. The zero-order valence-corrected chi connectivity index (χ0v) is 55.7. The molecular weight excluding hydrogens is 1060 g/mol. The Bertz CT molecular complexity index is 1830.